The molecule has 0 unspecified atom stereocenters. The van der Waals surface area contributed by atoms with Crippen LogP contribution in [0.25, 0.3) is 10.4 Å². The maximum atomic E-state index is 11.6. The van der Waals surface area contributed by atoms with Crippen LogP contribution >= 0.6 is 0 Å². The third-order valence-electron chi connectivity index (χ3n) is 2.24. The third-order valence-corrected chi connectivity index (χ3v) is 2.24. The van der Waals surface area contributed by atoms with Gasteiger partial charge in [-0.05, 0) is 11.6 Å². The quantitative estimate of drug-likeness (QED) is 0.122. The van der Waals surface area contributed by atoms with Crippen LogP contribution in [0.1, 0.15) is 22.3 Å². The van der Waals surface area contributed by atoms with Crippen molar-refractivity contribution < 1.29 is 14.5 Å². The zero-order valence-corrected chi connectivity index (χ0v) is 10.6. The Bertz CT molecular complexity index is 639. The van der Waals surface area contributed by atoms with Crippen LogP contribution < -0.4 is 0 Å². The highest BCUT2D eigenvalue weighted by Crippen LogP contribution is 2.18. The molecule has 20 heavy (non-hydrogen) atoms. The minimum Gasteiger partial charge on any atom is -0.465 e. The molecule has 0 bridgehead atoms. The Balaban J connectivity index is 3.08. The minimum atomic E-state index is -0.701. The smallest absolute Gasteiger partial charge is 0.339 e. The Morgan fingerprint density at radius 3 is 2.95 bits per heavy atom. The summed E-state index contributed by atoms with van der Waals surface area (Å²) in [6.07, 6.45) is 0.321. The van der Waals surface area contributed by atoms with E-state index in [0.29, 0.717) is 12.0 Å². The number of hydrogen-bond donors (Lipinski definition) is 0. The fourth-order valence-corrected chi connectivity index (χ4v) is 1.34. The van der Waals surface area contributed by atoms with E-state index in [1.165, 1.54) is 19.2 Å². The van der Waals surface area contributed by atoms with E-state index in [1.807, 2.05) is 0 Å². The van der Waals surface area contributed by atoms with Crippen molar-refractivity contribution in [1.29, 1.82) is 0 Å². The molecule has 0 atom stereocenters. The molecular formula is C12H10N4O4. The highest BCUT2D eigenvalue weighted by atomic mass is 16.6. The third kappa shape index (κ3) is 4.01. The van der Waals surface area contributed by atoms with E-state index in [-0.39, 0.29) is 17.8 Å². The van der Waals surface area contributed by atoms with Crippen molar-refractivity contribution >= 4 is 11.7 Å². The number of non-ortho nitro benzene ring substituents is 1. The number of carbonyl (C=O) groups excluding carboxylic acids is 1. The predicted molar refractivity (Wildman–Crippen MR) is 69.9 cm³/mol. The molecule has 0 saturated heterocycles. The van der Waals surface area contributed by atoms with E-state index in [9.17, 15) is 14.9 Å². The summed E-state index contributed by atoms with van der Waals surface area (Å²) in [6.45, 7) is 0.212. The molecule has 8 nitrogen and oxygen atoms in total. The van der Waals surface area contributed by atoms with Gasteiger partial charge in [0.05, 0.1) is 17.6 Å². The van der Waals surface area contributed by atoms with Gasteiger partial charge in [0.2, 0.25) is 0 Å². The number of carbonyl (C=O) groups is 1. The average Bonchev–Trinajstić information content (AvgIpc) is 2.46. The van der Waals surface area contributed by atoms with Gasteiger partial charge >= 0.3 is 5.97 Å². The number of benzene rings is 1. The van der Waals surface area contributed by atoms with Crippen LogP contribution in [0.4, 0.5) is 5.69 Å². The molecule has 0 fully saturated rings. The lowest BCUT2D eigenvalue weighted by Crippen LogP contribution is -2.05. The Hall–Kier alpha value is -3.04. The minimum absolute atomic E-state index is 0.0259. The molecule has 0 heterocycles. The fourth-order valence-electron chi connectivity index (χ4n) is 1.34. The molecule has 102 valence electrons. The monoisotopic (exact) mass is 274 g/mol. The topological polar surface area (TPSA) is 118 Å². The molecule has 0 aromatic heterocycles. The summed E-state index contributed by atoms with van der Waals surface area (Å²) < 4.78 is 4.56. The first-order chi connectivity index (χ1) is 9.60. The van der Waals surface area contributed by atoms with Crippen molar-refractivity contribution in [3.8, 4) is 11.8 Å². The second kappa shape index (κ2) is 7.41. The second-order valence-corrected chi connectivity index (χ2v) is 3.48. The predicted octanol–water partition coefficient (Wildman–Crippen LogP) is 2.43. The number of hydrogen-bond acceptors (Lipinski definition) is 5. The Morgan fingerprint density at radius 2 is 2.35 bits per heavy atom. The molecule has 0 aliphatic rings. The summed E-state index contributed by atoms with van der Waals surface area (Å²) in [6, 6.07) is 3.75. The van der Waals surface area contributed by atoms with Crippen LogP contribution in [-0.2, 0) is 4.74 Å². The summed E-state index contributed by atoms with van der Waals surface area (Å²) in [5.41, 5.74) is 8.23. The molecule has 0 aliphatic heterocycles. The van der Waals surface area contributed by atoms with Gasteiger partial charge < -0.3 is 4.74 Å². The molecule has 1 aromatic rings. The molecular weight excluding hydrogens is 264 g/mol. The number of ether oxygens (including phenoxy) is 1. The summed E-state index contributed by atoms with van der Waals surface area (Å²) >= 11 is 0. The van der Waals surface area contributed by atoms with E-state index in [0.717, 1.165) is 6.07 Å². The largest absolute Gasteiger partial charge is 0.465 e. The Morgan fingerprint density at radius 1 is 1.60 bits per heavy atom. The van der Waals surface area contributed by atoms with Gasteiger partial charge in [0.15, 0.2) is 0 Å². The van der Waals surface area contributed by atoms with Gasteiger partial charge in [0.1, 0.15) is 0 Å². The van der Waals surface area contributed by atoms with Crippen LogP contribution in [0, 0.1) is 22.0 Å². The van der Waals surface area contributed by atoms with Crippen LogP contribution in [0.5, 0.6) is 0 Å². The molecule has 1 rings (SSSR count). The molecule has 0 radical (unpaired) electrons. The van der Waals surface area contributed by atoms with Gasteiger partial charge in [-0.2, -0.15) is 0 Å². The Kier molecular flexibility index (Phi) is 5.56. The molecule has 0 saturated carbocycles. The molecule has 8 heteroatoms. The van der Waals surface area contributed by atoms with E-state index in [2.05, 4.69) is 26.6 Å². The zero-order valence-electron chi connectivity index (χ0n) is 10.6. The van der Waals surface area contributed by atoms with Gasteiger partial charge in [-0.3, -0.25) is 10.1 Å². The lowest BCUT2D eigenvalue weighted by atomic mass is 10.1. The van der Waals surface area contributed by atoms with Crippen molar-refractivity contribution in [2.75, 3.05) is 13.7 Å². The van der Waals surface area contributed by atoms with Crippen molar-refractivity contribution in [2.45, 2.75) is 6.42 Å². The van der Waals surface area contributed by atoms with E-state index in [4.69, 9.17) is 5.53 Å². The van der Waals surface area contributed by atoms with E-state index in [1.54, 1.807) is 0 Å². The van der Waals surface area contributed by atoms with Gasteiger partial charge in [0.25, 0.3) is 5.69 Å². The first-order valence-electron chi connectivity index (χ1n) is 5.46. The number of nitro groups is 1. The summed E-state index contributed by atoms with van der Waals surface area (Å²) in [4.78, 5) is 24.2. The SMILES string of the molecule is COC(=O)c1cc([N+](=O)[O-])ccc1C#CCCN=[N+]=[N-]. The van der Waals surface area contributed by atoms with E-state index >= 15 is 0 Å². The van der Waals surface area contributed by atoms with Gasteiger partial charge in [-0.15, -0.1) is 0 Å². The van der Waals surface area contributed by atoms with Crippen molar-refractivity contribution in [1.82, 2.24) is 0 Å². The average molecular weight is 274 g/mol. The number of methoxy groups -OCH3 is 1. The van der Waals surface area contributed by atoms with Crippen molar-refractivity contribution in [2.24, 2.45) is 5.11 Å². The van der Waals surface area contributed by atoms with Crippen LogP contribution in [0.2, 0.25) is 0 Å². The maximum absolute atomic E-state index is 11.6. The van der Waals surface area contributed by atoms with Crippen LogP contribution in [0.15, 0.2) is 23.3 Å². The molecule has 0 spiro atoms. The fraction of sp³-hybridized carbons (Fsp3) is 0.250. The van der Waals surface area contributed by atoms with Crippen molar-refractivity contribution in [3.63, 3.8) is 0 Å². The van der Waals surface area contributed by atoms with Crippen molar-refractivity contribution in [3.05, 3.63) is 49.9 Å². The number of azide groups is 1. The molecule has 1 aromatic carbocycles. The highest BCUT2D eigenvalue weighted by molar-refractivity contribution is 5.93. The van der Waals surface area contributed by atoms with Crippen LogP contribution in [-0.4, -0.2) is 24.5 Å². The van der Waals surface area contributed by atoms with Gasteiger partial charge in [-0.1, -0.05) is 17.0 Å². The number of rotatable bonds is 4. The lowest BCUT2D eigenvalue weighted by Gasteiger charge is -2.02. The second-order valence-electron chi connectivity index (χ2n) is 3.48. The highest BCUT2D eigenvalue weighted by Gasteiger charge is 2.16. The first kappa shape index (κ1) is 15.0. The summed E-state index contributed by atoms with van der Waals surface area (Å²) in [5, 5.41) is 14.0. The summed E-state index contributed by atoms with van der Waals surface area (Å²) in [5.74, 6) is 4.71. The lowest BCUT2D eigenvalue weighted by molar-refractivity contribution is -0.384. The zero-order chi connectivity index (χ0) is 15.0. The van der Waals surface area contributed by atoms with E-state index < -0.39 is 10.9 Å². The first-order valence-corrected chi connectivity index (χ1v) is 5.46. The number of nitro benzene ring substituents is 1. The Labute approximate surface area is 114 Å². The van der Waals surface area contributed by atoms with Gasteiger partial charge in [0, 0.05) is 35.6 Å². The standard InChI is InChI=1S/C12H10N4O4/c1-20-12(17)11-8-10(16(18)19)6-5-9(11)4-2-3-7-14-15-13/h5-6,8H,3,7H2,1H3. The summed E-state index contributed by atoms with van der Waals surface area (Å²) in [7, 11) is 1.18. The number of esters is 1. The number of nitrogens with zero attached hydrogens (tertiary/aromatic N) is 4. The maximum Gasteiger partial charge on any atom is 0.339 e. The molecule has 0 amide bonds. The molecule has 0 N–H and O–H groups in total. The van der Waals surface area contributed by atoms with Gasteiger partial charge in [-0.25, -0.2) is 4.79 Å². The normalized spacial score (nSPS) is 8.85. The van der Waals surface area contributed by atoms with Crippen LogP contribution in [0.3, 0.4) is 0 Å². The molecule has 0 aliphatic carbocycles.